The quantitative estimate of drug-likeness (QED) is 0.832. The first-order chi connectivity index (χ1) is 8.25. The average molecular weight is 235 g/mol. The van der Waals surface area contributed by atoms with Gasteiger partial charge in [-0.2, -0.15) is 0 Å². The van der Waals surface area contributed by atoms with E-state index in [4.69, 9.17) is 4.74 Å². The molecule has 4 nitrogen and oxygen atoms in total. The van der Waals surface area contributed by atoms with Crippen molar-refractivity contribution in [2.75, 3.05) is 13.1 Å². The molecule has 0 spiro atoms. The number of ether oxygens (including phenoxy) is 1. The lowest BCUT2D eigenvalue weighted by Gasteiger charge is -2.27. The average Bonchev–Trinajstić information content (AvgIpc) is 2.38. The van der Waals surface area contributed by atoms with Gasteiger partial charge in [0.25, 0.3) is 0 Å². The number of carbonyl (C=O) groups is 1. The van der Waals surface area contributed by atoms with E-state index in [0.717, 1.165) is 31.5 Å². The van der Waals surface area contributed by atoms with Crippen LogP contribution in [0.15, 0.2) is 30.3 Å². The lowest BCUT2D eigenvalue weighted by Crippen LogP contribution is -2.64. The first-order valence-corrected chi connectivity index (χ1v) is 6.04. The topological polar surface area (TPSA) is 57.2 Å². The largest absolute Gasteiger partial charge is 0.445 e. The Labute approximate surface area is 101 Å². The third-order valence-corrected chi connectivity index (χ3v) is 3.08. The highest BCUT2D eigenvalue weighted by molar-refractivity contribution is 5.67. The van der Waals surface area contributed by atoms with Gasteiger partial charge < -0.3 is 15.4 Å². The van der Waals surface area contributed by atoms with Gasteiger partial charge in [0.05, 0.1) is 6.04 Å². The van der Waals surface area contributed by atoms with Crippen LogP contribution in [0.5, 0.6) is 0 Å². The Kier molecular flexibility index (Phi) is 3.98. The van der Waals surface area contributed by atoms with Crippen molar-refractivity contribution >= 4 is 6.09 Å². The summed E-state index contributed by atoms with van der Waals surface area (Å²) in [6, 6.07) is 10.2. The standard InChI is InChI=1S/C13H18N2O2/c14-12-6-8-15(9-7-12)13(16)17-10-11-4-2-1-3-5-11/h1-5,12H,6-10,14H2/p+1. The van der Waals surface area contributed by atoms with Crippen LogP contribution in [0.1, 0.15) is 18.4 Å². The summed E-state index contributed by atoms with van der Waals surface area (Å²) in [6.45, 7) is 1.88. The van der Waals surface area contributed by atoms with Crippen LogP contribution in [-0.4, -0.2) is 30.1 Å². The van der Waals surface area contributed by atoms with Crippen molar-refractivity contribution in [1.29, 1.82) is 0 Å². The molecule has 1 aromatic carbocycles. The van der Waals surface area contributed by atoms with Gasteiger partial charge in [-0.05, 0) is 5.56 Å². The van der Waals surface area contributed by atoms with E-state index in [-0.39, 0.29) is 6.09 Å². The van der Waals surface area contributed by atoms with Crippen LogP contribution < -0.4 is 5.73 Å². The molecular formula is C13H19N2O2+. The second-order valence-corrected chi connectivity index (χ2v) is 4.47. The minimum Gasteiger partial charge on any atom is -0.445 e. The van der Waals surface area contributed by atoms with Gasteiger partial charge in [-0.1, -0.05) is 30.3 Å². The molecule has 1 aromatic rings. The Hall–Kier alpha value is -1.55. The maximum absolute atomic E-state index is 11.8. The van der Waals surface area contributed by atoms with Crippen molar-refractivity contribution in [2.45, 2.75) is 25.5 Å². The molecule has 0 unspecified atom stereocenters. The summed E-state index contributed by atoms with van der Waals surface area (Å²) < 4.78 is 5.27. The molecule has 3 N–H and O–H groups in total. The number of quaternary nitrogens is 1. The van der Waals surface area contributed by atoms with Crippen molar-refractivity contribution in [3.8, 4) is 0 Å². The van der Waals surface area contributed by atoms with E-state index in [0.29, 0.717) is 12.6 Å². The molecule has 92 valence electrons. The van der Waals surface area contributed by atoms with Gasteiger partial charge in [-0.15, -0.1) is 0 Å². The zero-order valence-electron chi connectivity index (χ0n) is 9.97. The molecule has 0 atom stereocenters. The van der Waals surface area contributed by atoms with Crippen molar-refractivity contribution in [3.63, 3.8) is 0 Å². The number of benzene rings is 1. The molecule has 1 fully saturated rings. The van der Waals surface area contributed by atoms with Crippen LogP contribution in [0.4, 0.5) is 4.79 Å². The number of likely N-dealkylation sites (tertiary alicyclic amines) is 1. The highest BCUT2D eigenvalue weighted by atomic mass is 16.6. The van der Waals surface area contributed by atoms with Gasteiger partial charge in [0.1, 0.15) is 6.61 Å². The van der Waals surface area contributed by atoms with E-state index < -0.39 is 0 Å². The van der Waals surface area contributed by atoms with Crippen molar-refractivity contribution in [3.05, 3.63) is 35.9 Å². The Morgan fingerprint density at radius 3 is 2.59 bits per heavy atom. The third-order valence-electron chi connectivity index (χ3n) is 3.08. The van der Waals surface area contributed by atoms with E-state index >= 15 is 0 Å². The zero-order chi connectivity index (χ0) is 12.1. The first kappa shape index (κ1) is 11.9. The SMILES string of the molecule is [NH3+]C1CCN(C(=O)OCc2ccccc2)CC1. The van der Waals surface area contributed by atoms with Crippen LogP contribution >= 0.6 is 0 Å². The van der Waals surface area contributed by atoms with Gasteiger partial charge in [-0.25, -0.2) is 4.79 Å². The molecule has 1 aliphatic heterocycles. The molecule has 1 amide bonds. The van der Waals surface area contributed by atoms with Gasteiger partial charge >= 0.3 is 6.09 Å². The number of nitrogens with zero attached hydrogens (tertiary/aromatic N) is 1. The van der Waals surface area contributed by atoms with Crippen LogP contribution in [-0.2, 0) is 11.3 Å². The minimum absolute atomic E-state index is 0.208. The van der Waals surface area contributed by atoms with Crippen molar-refractivity contribution in [2.24, 2.45) is 0 Å². The number of amides is 1. The fourth-order valence-electron chi connectivity index (χ4n) is 1.93. The number of hydrogen-bond acceptors (Lipinski definition) is 2. The fraction of sp³-hybridized carbons (Fsp3) is 0.462. The summed E-state index contributed by atoms with van der Waals surface area (Å²) in [5, 5.41) is 0. The number of hydrogen-bond donors (Lipinski definition) is 1. The summed E-state index contributed by atoms with van der Waals surface area (Å²) in [5.41, 5.74) is 5.03. The maximum Gasteiger partial charge on any atom is 0.410 e. The smallest absolute Gasteiger partial charge is 0.410 e. The number of piperidine rings is 1. The Morgan fingerprint density at radius 2 is 1.94 bits per heavy atom. The van der Waals surface area contributed by atoms with Crippen LogP contribution in [0, 0.1) is 0 Å². The predicted molar refractivity (Wildman–Crippen MR) is 64.1 cm³/mol. The molecule has 1 heterocycles. The van der Waals surface area contributed by atoms with Crippen LogP contribution in [0.2, 0.25) is 0 Å². The van der Waals surface area contributed by atoms with E-state index in [2.05, 4.69) is 5.73 Å². The Morgan fingerprint density at radius 1 is 1.29 bits per heavy atom. The summed E-state index contributed by atoms with van der Waals surface area (Å²) in [7, 11) is 0. The molecule has 0 saturated carbocycles. The number of carbonyl (C=O) groups excluding carboxylic acids is 1. The first-order valence-electron chi connectivity index (χ1n) is 6.04. The molecule has 17 heavy (non-hydrogen) atoms. The lowest BCUT2D eigenvalue weighted by molar-refractivity contribution is -0.425. The van der Waals surface area contributed by atoms with E-state index in [1.807, 2.05) is 30.3 Å². The summed E-state index contributed by atoms with van der Waals surface area (Å²) in [6.07, 6.45) is 1.74. The highest BCUT2D eigenvalue weighted by Crippen LogP contribution is 2.09. The molecule has 4 heteroatoms. The molecule has 1 saturated heterocycles. The second-order valence-electron chi connectivity index (χ2n) is 4.47. The number of rotatable bonds is 2. The monoisotopic (exact) mass is 235 g/mol. The highest BCUT2D eigenvalue weighted by Gasteiger charge is 2.23. The van der Waals surface area contributed by atoms with Gasteiger partial charge in [0, 0.05) is 25.9 Å². The van der Waals surface area contributed by atoms with Gasteiger partial charge in [0.2, 0.25) is 0 Å². The molecule has 0 aromatic heterocycles. The zero-order valence-corrected chi connectivity index (χ0v) is 9.97. The summed E-state index contributed by atoms with van der Waals surface area (Å²) in [5.74, 6) is 0. The second kappa shape index (κ2) is 5.68. The van der Waals surface area contributed by atoms with E-state index in [9.17, 15) is 4.79 Å². The van der Waals surface area contributed by atoms with Crippen molar-refractivity contribution in [1.82, 2.24) is 4.90 Å². The van der Waals surface area contributed by atoms with Gasteiger partial charge in [0.15, 0.2) is 0 Å². The maximum atomic E-state index is 11.8. The van der Waals surface area contributed by atoms with E-state index in [1.54, 1.807) is 4.90 Å². The Balaban J connectivity index is 1.78. The molecule has 0 aliphatic carbocycles. The molecular weight excluding hydrogens is 216 g/mol. The molecule has 0 radical (unpaired) electrons. The van der Waals surface area contributed by atoms with Crippen LogP contribution in [0.25, 0.3) is 0 Å². The summed E-state index contributed by atoms with van der Waals surface area (Å²) >= 11 is 0. The van der Waals surface area contributed by atoms with Gasteiger partial charge in [-0.3, -0.25) is 0 Å². The normalized spacial score (nSPS) is 16.9. The molecule has 0 bridgehead atoms. The third kappa shape index (κ3) is 3.46. The Bertz CT molecular complexity index is 359. The van der Waals surface area contributed by atoms with Crippen LogP contribution in [0.3, 0.4) is 0 Å². The predicted octanol–water partition coefficient (Wildman–Crippen LogP) is 1.03. The van der Waals surface area contributed by atoms with E-state index in [1.165, 1.54) is 0 Å². The molecule has 1 aliphatic rings. The fourth-order valence-corrected chi connectivity index (χ4v) is 1.93. The molecule has 2 rings (SSSR count). The lowest BCUT2D eigenvalue weighted by atomic mass is 10.1. The van der Waals surface area contributed by atoms with Crippen molar-refractivity contribution < 1.29 is 15.3 Å². The minimum atomic E-state index is -0.208. The summed E-state index contributed by atoms with van der Waals surface area (Å²) in [4.78, 5) is 13.5.